The number of rotatable bonds is 10. The first-order chi connectivity index (χ1) is 9.95. The molecule has 1 aromatic carbocycles. The van der Waals surface area contributed by atoms with Gasteiger partial charge in [0, 0.05) is 18.3 Å². The molecule has 0 bridgehead atoms. The van der Waals surface area contributed by atoms with Gasteiger partial charge in [-0.1, -0.05) is 26.0 Å². The summed E-state index contributed by atoms with van der Waals surface area (Å²) in [5.41, 5.74) is 1.17. The summed E-state index contributed by atoms with van der Waals surface area (Å²) >= 11 is 1.62. The Kier molecular flexibility index (Phi) is 8.33. The van der Waals surface area contributed by atoms with Crippen LogP contribution in [0.25, 0.3) is 0 Å². The van der Waals surface area contributed by atoms with E-state index < -0.39 is 10.0 Å². The second kappa shape index (κ2) is 9.46. The van der Waals surface area contributed by atoms with E-state index in [-0.39, 0.29) is 0 Å². The Balaban J connectivity index is 2.49. The van der Waals surface area contributed by atoms with E-state index in [0.717, 1.165) is 25.1 Å². The molecule has 0 aliphatic heterocycles. The predicted molar refractivity (Wildman–Crippen MR) is 91.5 cm³/mol. The van der Waals surface area contributed by atoms with Crippen LogP contribution in [-0.2, 0) is 16.4 Å². The van der Waals surface area contributed by atoms with Gasteiger partial charge in [0.1, 0.15) is 0 Å². The van der Waals surface area contributed by atoms with Gasteiger partial charge in [-0.3, -0.25) is 0 Å². The third kappa shape index (κ3) is 7.31. The smallest absolute Gasteiger partial charge is 0.240 e. The molecule has 0 radical (unpaired) electrons. The lowest BCUT2D eigenvalue weighted by Crippen LogP contribution is -2.26. The summed E-state index contributed by atoms with van der Waals surface area (Å²) in [6.07, 6.45) is 3.97. The normalized spacial score (nSPS) is 12.0. The third-order valence-corrected chi connectivity index (χ3v) is 5.12. The highest BCUT2D eigenvalue weighted by molar-refractivity contribution is 7.98. The molecule has 21 heavy (non-hydrogen) atoms. The molecule has 0 heterocycles. The van der Waals surface area contributed by atoms with Crippen LogP contribution in [0.5, 0.6) is 0 Å². The van der Waals surface area contributed by atoms with Crippen LogP contribution < -0.4 is 10.0 Å². The predicted octanol–water partition coefficient (Wildman–Crippen LogP) is 2.26. The quantitative estimate of drug-likeness (QED) is 0.646. The molecular weight excluding hydrogens is 304 g/mol. The van der Waals surface area contributed by atoms with Crippen molar-refractivity contribution in [3.8, 4) is 0 Å². The van der Waals surface area contributed by atoms with Crippen molar-refractivity contribution in [2.24, 2.45) is 0 Å². The van der Waals surface area contributed by atoms with Crippen LogP contribution in [0.4, 0.5) is 0 Å². The summed E-state index contributed by atoms with van der Waals surface area (Å²) in [5, 5.41) is 3.37. The van der Waals surface area contributed by atoms with Gasteiger partial charge in [-0.25, -0.2) is 13.1 Å². The molecule has 0 unspecified atom stereocenters. The number of benzene rings is 1. The zero-order valence-corrected chi connectivity index (χ0v) is 14.7. The Morgan fingerprint density at radius 3 is 2.38 bits per heavy atom. The summed E-state index contributed by atoms with van der Waals surface area (Å²) in [4.78, 5) is 0.340. The lowest BCUT2D eigenvalue weighted by Gasteiger charge is -2.09. The standard InChI is InChI=1S/C15H26N2O2S2/c1-13(2)16-10-4-5-14-6-8-15(9-7-14)21(18,19)17-11-12-20-3/h6-9,13,16-17H,4-5,10-12H2,1-3H3. The lowest BCUT2D eigenvalue weighted by atomic mass is 10.1. The van der Waals surface area contributed by atoms with Gasteiger partial charge < -0.3 is 5.32 Å². The minimum atomic E-state index is -3.36. The second-order valence-corrected chi connectivity index (χ2v) is 8.00. The van der Waals surface area contributed by atoms with Crippen LogP contribution in [0.3, 0.4) is 0 Å². The number of nitrogens with one attached hydrogen (secondary N) is 2. The van der Waals surface area contributed by atoms with E-state index in [2.05, 4.69) is 23.9 Å². The maximum absolute atomic E-state index is 12.0. The van der Waals surface area contributed by atoms with Crippen molar-refractivity contribution in [2.45, 2.75) is 37.6 Å². The molecule has 0 amide bonds. The Morgan fingerprint density at radius 1 is 1.14 bits per heavy atom. The monoisotopic (exact) mass is 330 g/mol. The molecule has 0 fully saturated rings. The van der Waals surface area contributed by atoms with E-state index >= 15 is 0 Å². The Morgan fingerprint density at radius 2 is 1.81 bits per heavy atom. The number of sulfonamides is 1. The molecule has 0 aliphatic carbocycles. The van der Waals surface area contributed by atoms with Gasteiger partial charge in [0.15, 0.2) is 0 Å². The highest BCUT2D eigenvalue weighted by Gasteiger charge is 2.12. The van der Waals surface area contributed by atoms with Crippen molar-refractivity contribution in [2.75, 3.05) is 25.1 Å². The molecule has 0 atom stereocenters. The zero-order chi connectivity index (χ0) is 15.7. The fraction of sp³-hybridized carbons (Fsp3) is 0.600. The van der Waals surface area contributed by atoms with E-state index in [4.69, 9.17) is 0 Å². The van der Waals surface area contributed by atoms with Crippen LogP contribution in [0.15, 0.2) is 29.2 Å². The van der Waals surface area contributed by atoms with Crippen LogP contribution in [0, 0.1) is 0 Å². The minimum Gasteiger partial charge on any atom is -0.315 e. The number of hydrogen-bond donors (Lipinski definition) is 2. The average Bonchev–Trinajstić information content (AvgIpc) is 2.44. The highest BCUT2D eigenvalue weighted by atomic mass is 32.2. The largest absolute Gasteiger partial charge is 0.315 e. The third-order valence-electron chi connectivity index (χ3n) is 3.03. The topological polar surface area (TPSA) is 58.2 Å². The van der Waals surface area contributed by atoms with Crippen molar-refractivity contribution in [1.82, 2.24) is 10.0 Å². The lowest BCUT2D eigenvalue weighted by molar-refractivity contribution is 0.570. The van der Waals surface area contributed by atoms with Crippen molar-refractivity contribution in [3.05, 3.63) is 29.8 Å². The molecule has 0 saturated heterocycles. The Labute approximate surface area is 133 Å². The number of thioether (sulfide) groups is 1. The van der Waals surface area contributed by atoms with Gasteiger partial charge in [-0.15, -0.1) is 0 Å². The van der Waals surface area contributed by atoms with Crippen LogP contribution in [-0.4, -0.2) is 39.6 Å². The highest BCUT2D eigenvalue weighted by Crippen LogP contribution is 2.11. The molecule has 0 spiro atoms. The molecule has 1 rings (SSSR count). The second-order valence-electron chi connectivity index (χ2n) is 5.25. The maximum atomic E-state index is 12.0. The first-order valence-electron chi connectivity index (χ1n) is 7.26. The number of hydrogen-bond acceptors (Lipinski definition) is 4. The summed E-state index contributed by atoms with van der Waals surface area (Å²) in [6.45, 7) is 5.70. The molecule has 2 N–H and O–H groups in total. The van der Waals surface area contributed by atoms with Crippen LogP contribution >= 0.6 is 11.8 Å². The van der Waals surface area contributed by atoms with Gasteiger partial charge in [0.25, 0.3) is 0 Å². The fourth-order valence-corrected chi connectivity index (χ4v) is 3.35. The number of aryl methyl sites for hydroxylation is 1. The summed E-state index contributed by atoms with van der Waals surface area (Å²) in [6, 6.07) is 7.68. The van der Waals surface area contributed by atoms with Crippen molar-refractivity contribution >= 4 is 21.8 Å². The molecule has 6 heteroatoms. The average molecular weight is 331 g/mol. The molecule has 0 saturated carbocycles. The van der Waals surface area contributed by atoms with Gasteiger partial charge in [0.05, 0.1) is 4.90 Å². The van der Waals surface area contributed by atoms with Gasteiger partial charge in [-0.2, -0.15) is 11.8 Å². The molecule has 4 nitrogen and oxygen atoms in total. The first kappa shape index (κ1) is 18.5. The molecule has 1 aromatic rings. The fourth-order valence-electron chi connectivity index (χ4n) is 1.88. The summed E-state index contributed by atoms with van der Waals surface area (Å²) in [5.74, 6) is 0.778. The van der Waals surface area contributed by atoms with E-state index in [0.29, 0.717) is 17.5 Å². The van der Waals surface area contributed by atoms with Crippen LogP contribution in [0.1, 0.15) is 25.8 Å². The Bertz CT molecular complexity index is 499. The Hall–Kier alpha value is -0.560. The summed E-state index contributed by atoms with van der Waals surface area (Å²) < 4.78 is 26.6. The van der Waals surface area contributed by atoms with E-state index in [1.807, 2.05) is 18.4 Å². The molecule has 0 aliphatic rings. The summed E-state index contributed by atoms with van der Waals surface area (Å²) in [7, 11) is -3.36. The first-order valence-corrected chi connectivity index (χ1v) is 10.1. The molecule has 0 aromatic heterocycles. The zero-order valence-electron chi connectivity index (χ0n) is 13.1. The van der Waals surface area contributed by atoms with Gasteiger partial charge in [-0.05, 0) is 43.3 Å². The maximum Gasteiger partial charge on any atom is 0.240 e. The van der Waals surface area contributed by atoms with E-state index in [9.17, 15) is 8.42 Å². The molecule has 120 valence electrons. The van der Waals surface area contributed by atoms with Crippen molar-refractivity contribution in [3.63, 3.8) is 0 Å². The van der Waals surface area contributed by atoms with E-state index in [1.54, 1.807) is 23.9 Å². The van der Waals surface area contributed by atoms with Gasteiger partial charge in [0.2, 0.25) is 10.0 Å². The van der Waals surface area contributed by atoms with E-state index in [1.165, 1.54) is 5.56 Å². The molecular formula is C15H26N2O2S2. The SMILES string of the molecule is CSCCNS(=O)(=O)c1ccc(CCCNC(C)C)cc1. The van der Waals surface area contributed by atoms with Crippen molar-refractivity contribution in [1.29, 1.82) is 0 Å². The van der Waals surface area contributed by atoms with Gasteiger partial charge >= 0.3 is 0 Å². The van der Waals surface area contributed by atoms with Crippen molar-refractivity contribution < 1.29 is 8.42 Å². The minimum absolute atomic E-state index is 0.340. The van der Waals surface area contributed by atoms with Crippen LogP contribution in [0.2, 0.25) is 0 Å².